The number of anilines is 2. The summed E-state index contributed by atoms with van der Waals surface area (Å²) >= 11 is 0. The van der Waals surface area contributed by atoms with Crippen molar-refractivity contribution >= 4 is 11.4 Å². The van der Waals surface area contributed by atoms with E-state index >= 15 is 0 Å². The monoisotopic (exact) mass is 219 g/mol. The number of hydrogen-bond donors (Lipinski definition) is 3. The predicted molar refractivity (Wildman–Crippen MR) is 63.1 cm³/mol. The molecule has 0 aliphatic heterocycles. The van der Waals surface area contributed by atoms with Crippen LogP contribution >= 0.6 is 0 Å². The van der Waals surface area contributed by atoms with E-state index in [4.69, 9.17) is 5.73 Å². The number of H-pyrrole nitrogens is 1. The minimum absolute atomic E-state index is 0.218. The van der Waals surface area contributed by atoms with Gasteiger partial charge in [-0.05, 0) is 25.1 Å². The molecule has 0 bridgehead atoms. The molecule has 3 nitrogen and oxygen atoms in total. The van der Waals surface area contributed by atoms with Crippen molar-refractivity contribution in [1.29, 1.82) is 0 Å². The molecule has 0 saturated heterocycles. The van der Waals surface area contributed by atoms with E-state index in [-0.39, 0.29) is 12.4 Å². The van der Waals surface area contributed by atoms with Crippen molar-refractivity contribution < 1.29 is 4.39 Å². The van der Waals surface area contributed by atoms with Crippen molar-refractivity contribution in [2.45, 2.75) is 13.5 Å². The van der Waals surface area contributed by atoms with Gasteiger partial charge < -0.3 is 16.0 Å². The maximum atomic E-state index is 13.5. The van der Waals surface area contributed by atoms with E-state index in [1.54, 1.807) is 6.07 Å². The number of halogens is 1. The third-order valence-electron chi connectivity index (χ3n) is 2.51. The topological polar surface area (TPSA) is 53.8 Å². The fraction of sp³-hybridized carbons (Fsp3) is 0.167. The van der Waals surface area contributed by atoms with Gasteiger partial charge in [0.1, 0.15) is 5.82 Å². The highest BCUT2D eigenvalue weighted by atomic mass is 19.1. The Kier molecular flexibility index (Phi) is 2.92. The lowest BCUT2D eigenvalue weighted by atomic mass is 10.2. The first-order valence-corrected chi connectivity index (χ1v) is 5.10. The van der Waals surface area contributed by atoms with Gasteiger partial charge >= 0.3 is 0 Å². The molecular formula is C12H14FN3. The molecule has 0 unspecified atom stereocenters. The molecule has 0 radical (unpaired) electrons. The van der Waals surface area contributed by atoms with Crippen LogP contribution in [0.2, 0.25) is 0 Å². The number of aromatic nitrogens is 1. The van der Waals surface area contributed by atoms with Crippen LogP contribution in [-0.2, 0) is 6.54 Å². The molecule has 0 saturated carbocycles. The summed E-state index contributed by atoms with van der Waals surface area (Å²) < 4.78 is 13.5. The second-order valence-electron chi connectivity index (χ2n) is 3.65. The number of aromatic amines is 1. The average molecular weight is 219 g/mol. The zero-order valence-corrected chi connectivity index (χ0v) is 9.05. The Bertz CT molecular complexity index is 491. The normalized spacial score (nSPS) is 10.4. The van der Waals surface area contributed by atoms with Crippen LogP contribution < -0.4 is 11.1 Å². The maximum Gasteiger partial charge on any atom is 0.129 e. The minimum Gasteiger partial charge on any atom is -0.363 e. The molecule has 0 amide bonds. The van der Waals surface area contributed by atoms with E-state index in [2.05, 4.69) is 10.3 Å². The Labute approximate surface area is 93.5 Å². The van der Waals surface area contributed by atoms with Gasteiger partial charge in [0.25, 0.3) is 0 Å². The fourth-order valence-electron chi connectivity index (χ4n) is 1.53. The number of benzene rings is 1. The van der Waals surface area contributed by atoms with E-state index in [0.717, 1.165) is 17.1 Å². The zero-order chi connectivity index (χ0) is 11.5. The first kappa shape index (κ1) is 10.7. The van der Waals surface area contributed by atoms with Gasteiger partial charge in [-0.25, -0.2) is 4.39 Å². The van der Waals surface area contributed by atoms with Crippen molar-refractivity contribution in [2.24, 2.45) is 5.73 Å². The van der Waals surface area contributed by atoms with Gasteiger partial charge in [-0.1, -0.05) is 6.07 Å². The second kappa shape index (κ2) is 4.37. The van der Waals surface area contributed by atoms with E-state index < -0.39 is 0 Å². The number of rotatable bonds is 3. The van der Waals surface area contributed by atoms with Crippen molar-refractivity contribution in [3.63, 3.8) is 0 Å². The van der Waals surface area contributed by atoms with Gasteiger partial charge in [-0.3, -0.25) is 0 Å². The number of nitrogens with one attached hydrogen (secondary N) is 2. The highest BCUT2D eigenvalue weighted by molar-refractivity contribution is 5.62. The maximum absolute atomic E-state index is 13.5. The summed E-state index contributed by atoms with van der Waals surface area (Å²) in [6.45, 7) is 2.17. The van der Waals surface area contributed by atoms with E-state index in [0.29, 0.717) is 5.56 Å². The van der Waals surface area contributed by atoms with Gasteiger partial charge in [0.05, 0.1) is 5.69 Å². The summed E-state index contributed by atoms with van der Waals surface area (Å²) in [4.78, 5) is 3.05. The molecule has 2 aromatic rings. The molecule has 0 aliphatic carbocycles. The van der Waals surface area contributed by atoms with Crippen LogP contribution in [0.5, 0.6) is 0 Å². The summed E-state index contributed by atoms with van der Waals surface area (Å²) in [6, 6.07) is 6.87. The highest BCUT2D eigenvalue weighted by Gasteiger charge is 2.03. The molecule has 0 fully saturated rings. The lowest BCUT2D eigenvalue weighted by Gasteiger charge is -2.07. The molecule has 84 valence electrons. The molecule has 4 heteroatoms. The van der Waals surface area contributed by atoms with Crippen LogP contribution in [0.4, 0.5) is 15.8 Å². The molecule has 1 heterocycles. The predicted octanol–water partition coefficient (Wildman–Crippen LogP) is 2.66. The quantitative estimate of drug-likeness (QED) is 0.743. The highest BCUT2D eigenvalue weighted by Crippen LogP contribution is 2.21. The largest absolute Gasteiger partial charge is 0.363 e. The average Bonchev–Trinajstić information content (AvgIpc) is 2.65. The number of hydrogen-bond acceptors (Lipinski definition) is 2. The van der Waals surface area contributed by atoms with Gasteiger partial charge in [-0.15, -0.1) is 0 Å². The minimum atomic E-state index is -0.277. The molecule has 0 aliphatic rings. The lowest BCUT2D eigenvalue weighted by molar-refractivity contribution is 0.611. The SMILES string of the molecule is Cc1[nH]ccc1Nc1ccc(CN)c(F)c1. The third-order valence-corrected chi connectivity index (χ3v) is 2.51. The van der Waals surface area contributed by atoms with Crippen LogP contribution in [0, 0.1) is 12.7 Å². The van der Waals surface area contributed by atoms with Gasteiger partial charge in [-0.2, -0.15) is 0 Å². The van der Waals surface area contributed by atoms with Crippen LogP contribution in [-0.4, -0.2) is 4.98 Å². The Morgan fingerprint density at radius 3 is 2.75 bits per heavy atom. The molecule has 1 aromatic carbocycles. The second-order valence-corrected chi connectivity index (χ2v) is 3.65. The Hall–Kier alpha value is -1.81. The van der Waals surface area contributed by atoms with Crippen molar-refractivity contribution in [3.8, 4) is 0 Å². The molecule has 4 N–H and O–H groups in total. The smallest absolute Gasteiger partial charge is 0.129 e. The number of aryl methyl sites for hydroxylation is 1. The summed E-state index contributed by atoms with van der Waals surface area (Å²) in [5, 5.41) is 3.13. The van der Waals surface area contributed by atoms with Crippen molar-refractivity contribution in [1.82, 2.24) is 4.98 Å². The third kappa shape index (κ3) is 2.06. The molecular weight excluding hydrogens is 205 g/mol. The van der Waals surface area contributed by atoms with Crippen LogP contribution in [0.3, 0.4) is 0 Å². The first-order valence-electron chi connectivity index (χ1n) is 5.10. The van der Waals surface area contributed by atoms with E-state index in [1.807, 2.05) is 25.3 Å². The Morgan fingerprint density at radius 1 is 1.38 bits per heavy atom. The summed E-state index contributed by atoms with van der Waals surface area (Å²) in [7, 11) is 0. The van der Waals surface area contributed by atoms with Gasteiger partial charge in [0.2, 0.25) is 0 Å². The van der Waals surface area contributed by atoms with Crippen molar-refractivity contribution in [2.75, 3.05) is 5.32 Å². The summed E-state index contributed by atoms with van der Waals surface area (Å²) in [5.41, 5.74) is 8.60. The molecule has 0 spiro atoms. The zero-order valence-electron chi connectivity index (χ0n) is 9.05. The van der Waals surface area contributed by atoms with Crippen LogP contribution in [0.15, 0.2) is 30.5 Å². The van der Waals surface area contributed by atoms with E-state index in [1.165, 1.54) is 6.07 Å². The summed E-state index contributed by atoms with van der Waals surface area (Å²) in [5.74, 6) is -0.277. The fourth-order valence-corrected chi connectivity index (χ4v) is 1.53. The molecule has 2 rings (SSSR count). The number of nitrogens with two attached hydrogens (primary N) is 1. The van der Waals surface area contributed by atoms with Crippen molar-refractivity contribution in [3.05, 3.63) is 47.5 Å². The summed E-state index contributed by atoms with van der Waals surface area (Å²) in [6.07, 6.45) is 1.84. The molecule has 16 heavy (non-hydrogen) atoms. The lowest BCUT2D eigenvalue weighted by Crippen LogP contribution is -2.00. The van der Waals surface area contributed by atoms with Crippen LogP contribution in [0.1, 0.15) is 11.3 Å². The Morgan fingerprint density at radius 2 is 2.19 bits per heavy atom. The van der Waals surface area contributed by atoms with Gasteiger partial charge in [0, 0.05) is 29.7 Å². The molecule has 0 atom stereocenters. The van der Waals surface area contributed by atoms with Crippen LogP contribution in [0.25, 0.3) is 0 Å². The molecule has 1 aromatic heterocycles. The first-order chi connectivity index (χ1) is 7.70. The Balaban J connectivity index is 2.23. The standard InChI is InChI=1S/C12H14FN3/c1-8-12(4-5-15-8)16-10-3-2-9(7-14)11(13)6-10/h2-6,15-16H,7,14H2,1H3. The van der Waals surface area contributed by atoms with Gasteiger partial charge in [0.15, 0.2) is 0 Å². The van der Waals surface area contributed by atoms with E-state index in [9.17, 15) is 4.39 Å².